The van der Waals surface area contributed by atoms with E-state index in [1.165, 1.54) is 0 Å². The van der Waals surface area contributed by atoms with Gasteiger partial charge >= 0.3 is 0 Å². The summed E-state index contributed by atoms with van der Waals surface area (Å²) in [7, 11) is 0. The average Bonchev–Trinajstić information content (AvgIpc) is 1.89. The number of ether oxygens (including phenoxy) is 1. The predicted molar refractivity (Wildman–Crippen MR) is 35.1 cm³/mol. The summed E-state index contributed by atoms with van der Waals surface area (Å²) in [5.41, 5.74) is 5.27. The molecule has 0 heterocycles. The van der Waals surface area contributed by atoms with E-state index in [4.69, 9.17) is 10.5 Å². The van der Waals surface area contributed by atoms with Crippen molar-refractivity contribution < 1.29 is 9.53 Å². The van der Waals surface area contributed by atoms with Crippen LogP contribution in [0.15, 0.2) is 0 Å². The molecule has 0 aromatic rings. The molecule has 0 aliphatic rings. The third-order valence-electron chi connectivity index (χ3n) is 0.974. The van der Waals surface area contributed by atoms with Crippen LogP contribution < -0.4 is 5.73 Å². The standard InChI is InChI=1S/C6H13NO2/c1-2-9-4-3-6(7)5-8/h5-6H,2-4,7H2,1H3. The second-order valence-electron chi connectivity index (χ2n) is 1.79. The van der Waals surface area contributed by atoms with E-state index in [1.807, 2.05) is 6.92 Å². The van der Waals surface area contributed by atoms with Crippen molar-refractivity contribution in [3.63, 3.8) is 0 Å². The molecular formula is C6H13NO2. The molecular weight excluding hydrogens is 118 g/mol. The number of nitrogens with two attached hydrogens (primary N) is 1. The lowest BCUT2D eigenvalue weighted by molar-refractivity contribution is -0.109. The molecule has 0 bridgehead atoms. The van der Waals surface area contributed by atoms with E-state index in [-0.39, 0.29) is 6.04 Å². The molecule has 0 rings (SSSR count). The zero-order valence-corrected chi connectivity index (χ0v) is 5.67. The normalized spacial score (nSPS) is 13.1. The molecule has 9 heavy (non-hydrogen) atoms. The van der Waals surface area contributed by atoms with E-state index in [1.54, 1.807) is 0 Å². The summed E-state index contributed by atoms with van der Waals surface area (Å²) in [4.78, 5) is 9.92. The van der Waals surface area contributed by atoms with Crippen molar-refractivity contribution >= 4 is 6.29 Å². The molecule has 0 amide bonds. The Kier molecular flexibility index (Phi) is 5.46. The monoisotopic (exact) mass is 131 g/mol. The molecule has 0 spiro atoms. The highest BCUT2D eigenvalue weighted by atomic mass is 16.5. The van der Waals surface area contributed by atoms with Crippen LogP contribution in [0.4, 0.5) is 0 Å². The van der Waals surface area contributed by atoms with Gasteiger partial charge in [-0.3, -0.25) is 0 Å². The highest BCUT2D eigenvalue weighted by Gasteiger charge is 1.96. The molecule has 0 aromatic carbocycles. The average molecular weight is 131 g/mol. The van der Waals surface area contributed by atoms with Gasteiger partial charge in [0.1, 0.15) is 6.29 Å². The molecule has 0 saturated carbocycles. The minimum atomic E-state index is -0.350. The SMILES string of the molecule is CCOCCC(N)C=O. The van der Waals surface area contributed by atoms with Gasteiger partial charge in [0.15, 0.2) is 0 Å². The van der Waals surface area contributed by atoms with Gasteiger partial charge in [0.25, 0.3) is 0 Å². The Morgan fingerprint density at radius 3 is 2.89 bits per heavy atom. The van der Waals surface area contributed by atoms with Gasteiger partial charge in [-0.2, -0.15) is 0 Å². The largest absolute Gasteiger partial charge is 0.382 e. The third-order valence-corrected chi connectivity index (χ3v) is 0.974. The molecule has 3 heteroatoms. The van der Waals surface area contributed by atoms with Crippen LogP contribution in [0.1, 0.15) is 13.3 Å². The van der Waals surface area contributed by atoms with Crippen LogP contribution in [0.25, 0.3) is 0 Å². The number of hydrogen-bond donors (Lipinski definition) is 1. The zero-order chi connectivity index (χ0) is 7.11. The molecule has 2 N–H and O–H groups in total. The lowest BCUT2D eigenvalue weighted by atomic mass is 10.3. The van der Waals surface area contributed by atoms with Crippen LogP contribution in [-0.2, 0) is 9.53 Å². The first kappa shape index (κ1) is 8.59. The van der Waals surface area contributed by atoms with Crippen molar-refractivity contribution in [1.82, 2.24) is 0 Å². The Bertz CT molecular complexity index is 75.5. The van der Waals surface area contributed by atoms with Crippen molar-refractivity contribution in [2.75, 3.05) is 13.2 Å². The van der Waals surface area contributed by atoms with E-state index in [0.717, 1.165) is 6.29 Å². The Labute approximate surface area is 55.2 Å². The van der Waals surface area contributed by atoms with Crippen LogP contribution in [0.2, 0.25) is 0 Å². The van der Waals surface area contributed by atoms with Crippen molar-refractivity contribution in [2.45, 2.75) is 19.4 Å². The summed E-state index contributed by atoms with van der Waals surface area (Å²) >= 11 is 0. The Hall–Kier alpha value is -0.410. The molecule has 0 radical (unpaired) electrons. The molecule has 1 atom stereocenters. The van der Waals surface area contributed by atoms with Gasteiger partial charge in [-0.05, 0) is 13.3 Å². The molecule has 0 saturated heterocycles. The van der Waals surface area contributed by atoms with Crippen LogP contribution in [0, 0.1) is 0 Å². The van der Waals surface area contributed by atoms with E-state index in [9.17, 15) is 4.79 Å². The third kappa shape index (κ3) is 5.46. The van der Waals surface area contributed by atoms with E-state index in [2.05, 4.69) is 0 Å². The Morgan fingerprint density at radius 2 is 2.44 bits per heavy atom. The lowest BCUT2D eigenvalue weighted by Gasteiger charge is -2.01. The van der Waals surface area contributed by atoms with Gasteiger partial charge in [0.2, 0.25) is 0 Å². The number of rotatable bonds is 5. The topological polar surface area (TPSA) is 52.3 Å². The van der Waals surface area contributed by atoms with E-state index < -0.39 is 0 Å². The molecule has 0 aromatic heterocycles. The molecule has 1 unspecified atom stereocenters. The molecule has 0 aliphatic heterocycles. The first-order valence-corrected chi connectivity index (χ1v) is 3.10. The molecule has 54 valence electrons. The molecule has 0 aliphatic carbocycles. The number of carbonyl (C=O) groups is 1. The van der Waals surface area contributed by atoms with Crippen molar-refractivity contribution in [3.05, 3.63) is 0 Å². The quantitative estimate of drug-likeness (QED) is 0.420. The van der Waals surface area contributed by atoms with Crippen LogP contribution in [-0.4, -0.2) is 25.5 Å². The zero-order valence-electron chi connectivity index (χ0n) is 5.67. The summed E-state index contributed by atoms with van der Waals surface area (Å²) < 4.78 is 4.97. The number of carbonyl (C=O) groups excluding carboxylic acids is 1. The Morgan fingerprint density at radius 1 is 1.78 bits per heavy atom. The molecule has 3 nitrogen and oxygen atoms in total. The lowest BCUT2D eigenvalue weighted by Crippen LogP contribution is -2.23. The fraction of sp³-hybridized carbons (Fsp3) is 0.833. The van der Waals surface area contributed by atoms with E-state index >= 15 is 0 Å². The highest BCUT2D eigenvalue weighted by Crippen LogP contribution is 1.84. The minimum absolute atomic E-state index is 0.350. The first-order valence-electron chi connectivity index (χ1n) is 3.10. The van der Waals surface area contributed by atoms with Gasteiger partial charge in [-0.15, -0.1) is 0 Å². The fourth-order valence-corrected chi connectivity index (χ4v) is 0.432. The Balaban J connectivity index is 2.96. The second-order valence-corrected chi connectivity index (χ2v) is 1.79. The second kappa shape index (κ2) is 5.72. The van der Waals surface area contributed by atoms with Crippen molar-refractivity contribution in [2.24, 2.45) is 5.73 Å². The number of hydrogen-bond acceptors (Lipinski definition) is 3. The number of aldehydes is 1. The van der Waals surface area contributed by atoms with E-state index in [0.29, 0.717) is 19.6 Å². The maximum absolute atomic E-state index is 9.92. The van der Waals surface area contributed by atoms with Crippen molar-refractivity contribution in [3.8, 4) is 0 Å². The predicted octanol–water partition coefficient (Wildman–Crippen LogP) is -0.0608. The smallest absolute Gasteiger partial charge is 0.136 e. The highest BCUT2D eigenvalue weighted by molar-refractivity contribution is 5.56. The van der Waals surface area contributed by atoms with Gasteiger partial charge < -0.3 is 15.3 Å². The minimum Gasteiger partial charge on any atom is -0.382 e. The fourth-order valence-electron chi connectivity index (χ4n) is 0.432. The summed E-state index contributed by atoms with van der Waals surface area (Å²) in [6.45, 7) is 3.18. The van der Waals surface area contributed by atoms with Gasteiger partial charge in [0, 0.05) is 13.2 Å². The summed E-state index contributed by atoms with van der Waals surface area (Å²) in [6.07, 6.45) is 1.36. The maximum Gasteiger partial charge on any atom is 0.136 e. The van der Waals surface area contributed by atoms with Gasteiger partial charge in [0.05, 0.1) is 6.04 Å². The summed E-state index contributed by atoms with van der Waals surface area (Å²) in [5, 5.41) is 0. The van der Waals surface area contributed by atoms with Crippen molar-refractivity contribution in [1.29, 1.82) is 0 Å². The summed E-state index contributed by atoms with van der Waals surface area (Å²) in [5.74, 6) is 0. The van der Waals surface area contributed by atoms with Gasteiger partial charge in [-0.25, -0.2) is 0 Å². The summed E-state index contributed by atoms with van der Waals surface area (Å²) in [6, 6.07) is -0.350. The van der Waals surface area contributed by atoms with Crippen LogP contribution in [0.3, 0.4) is 0 Å². The molecule has 0 fully saturated rings. The van der Waals surface area contributed by atoms with Crippen LogP contribution in [0.5, 0.6) is 0 Å². The first-order chi connectivity index (χ1) is 4.31. The maximum atomic E-state index is 9.92. The van der Waals surface area contributed by atoms with Gasteiger partial charge in [-0.1, -0.05) is 0 Å². The van der Waals surface area contributed by atoms with Crippen LogP contribution >= 0.6 is 0 Å².